The molecule has 3 aromatic rings. The van der Waals surface area contributed by atoms with Gasteiger partial charge >= 0.3 is 12.1 Å². The molecule has 3 rings (SSSR count). The van der Waals surface area contributed by atoms with Gasteiger partial charge < -0.3 is 5.32 Å². The van der Waals surface area contributed by atoms with Gasteiger partial charge in [0.15, 0.2) is 0 Å². The van der Waals surface area contributed by atoms with Crippen molar-refractivity contribution in [2.75, 3.05) is 5.32 Å². The Morgan fingerprint density at radius 1 is 0.844 bits per heavy atom. The Kier molecular flexibility index (Phi) is 7.04. The molecule has 0 fully saturated rings. The van der Waals surface area contributed by atoms with Crippen LogP contribution in [0.15, 0.2) is 84.0 Å². The average molecular weight is 439 g/mol. The summed E-state index contributed by atoms with van der Waals surface area (Å²) in [6, 6.07) is 23.2. The Morgan fingerprint density at radius 3 is 2.03 bits per heavy atom. The minimum atomic E-state index is -4.96. The number of nitrogens with zero attached hydrogens (tertiary/aromatic N) is 1. The van der Waals surface area contributed by atoms with Crippen molar-refractivity contribution in [3.05, 3.63) is 90.0 Å². The van der Waals surface area contributed by atoms with Crippen molar-refractivity contribution in [3.8, 4) is 11.1 Å². The summed E-state index contributed by atoms with van der Waals surface area (Å²) < 4.78 is 36.9. The SMILES string of the molecule is CC(=NNC(=O)Cc1ccc(-c2ccccc2)cc1)c1ccc(NC(=O)C(F)(F)F)cc1. The van der Waals surface area contributed by atoms with Crippen LogP contribution in [0.4, 0.5) is 18.9 Å². The van der Waals surface area contributed by atoms with Crippen molar-refractivity contribution in [2.24, 2.45) is 5.10 Å². The zero-order valence-corrected chi connectivity index (χ0v) is 17.1. The number of amides is 2. The van der Waals surface area contributed by atoms with Crippen molar-refractivity contribution < 1.29 is 22.8 Å². The highest BCUT2D eigenvalue weighted by molar-refractivity contribution is 6.00. The van der Waals surface area contributed by atoms with Crippen LogP contribution in [-0.2, 0) is 16.0 Å². The van der Waals surface area contributed by atoms with E-state index in [9.17, 15) is 22.8 Å². The van der Waals surface area contributed by atoms with Crippen LogP contribution in [0, 0.1) is 0 Å². The highest BCUT2D eigenvalue weighted by Gasteiger charge is 2.38. The lowest BCUT2D eigenvalue weighted by molar-refractivity contribution is -0.167. The minimum absolute atomic E-state index is 0.00635. The summed E-state index contributed by atoms with van der Waals surface area (Å²) in [5, 5.41) is 5.80. The first-order valence-electron chi connectivity index (χ1n) is 9.68. The Morgan fingerprint density at radius 2 is 1.44 bits per heavy atom. The van der Waals surface area contributed by atoms with Gasteiger partial charge in [-0.3, -0.25) is 9.59 Å². The Labute approximate surface area is 183 Å². The maximum absolute atomic E-state index is 12.3. The number of carbonyl (C=O) groups excluding carboxylic acids is 2. The number of carbonyl (C=O) groups is 2. The molecule has 0 aliphatic carbocycles. The van der Waals surface area contributed by atoms with Crippen molar-refractivity contribution in [3.63, 3.8) is 0 Å². The number of nitrogens with one attached hydrogen (secondary N) is 2. The molecule has 0 atom stereocenters. The molecular formula is C24H20F3N3O2. The highest BCUT2D eigenvalue weighted by Crippen LogP contribution is 2.20. The van der Waals surface area contributed by atoms with Crippen molar-refractivity contribution in [2.45, 2.75) is 19.5 Å². The van der Waals surface area contributed by atoms with Crippen molar-refractivity contribution >= 4 is 23.2 Å². The molecule has 0 aromatic heterocycles. The summed E-state index contributed by atoms with van der Waals surface area (Å²) >= 11 is 0. The fourth-order valence-electron chi connectivity index (χ4n) is 2.88. The van der Waals surface area contributed by atoms with E-state index in [2.05, 4.69) is 10.5 Å². The lowest BCUT2D eigenvalue weighted by Crippen LogP contribution is -2.29. The molecule has 2 N–H and O–H groups in total. The molecule has 164 valence electrons. The number of hydrazone groups is 1. The second-order valence-corrected chi connectivity index (χ2v) is 7.00. The van der Waals surface area contributed by atoms with Gasteiger partial charge in [-0.1, -0.05) is 66.7 Å². The molecular weight excluding hydrogens is 419 g/mol. The van der Waals surface area contributed by atoms with E-state index in [1.165, 1.54) is 24.3 Å². The second kappa shape index (κ2) is 9.91. The Balaban J connectivity index is 1.55. The number of alkyl halides is 3. The topological polar surface area (TPSA) is 70.6 Å². The first-order valence-corrected chi connectivity index (χ1v) is 9.68. The molecule has 5 nitrogen and oxygen atoms in total. The summed E-state index contributed by atoms with van der Waals surface area (Å²) in [7, 11) is 0. The molecule has 2 amide bonds. The van der Waals surface area contributed by atoms with Crippen LogP contribution in [-0.4, -0.2) is 23.7 Å². The van der Waals surface area contributed by atoms with Gasteiger partial charge in [-0.05, 0) is 41.3 Å². The second-order valence-electron chi connectivity index (χ2n) is 7.00. The van der Waals surface area contributed by atoms with E-state index in [4.69, 9.17) is 0 Å². The zero-order valence-electron chi connectivity index (χ0n) is 17.1. The number of rotatable bonds is 6. The quantitative estimate of drug-likeness (QED) is 0.422. The Hall–Kier alpha value is -3.94. The molecule has 0 heterocycles. The summed E-state index contributed by atoms with van der Waals surface area (Å²) in [5.74, 6) is -2.34. The smallest absolute Gasteiger partial charge is 0.318 e. The third-order valence-corrected chi connectivity index (χ3v) is 4.59. The van der Waals surface area contributed by atoms with Crippen LogP contribution in [0.5, 0.6) is 0 Å². The average Bonchev–Trinajstić information content (AvgIpc) is 2.78. The van der Waals surface area contributed by atoms with Crippen LogP contribution in [0.25, 0.3) is 11.1 Å². The largest absolute Gasteiger partial charge is 0.471 e. The highest BCUT2D eigenvalue weighted by atomic mass is 19.4. The number of hydrogen-bond donors (Lipinski definition) is 2. The molecule has 0 spiro atoms. The first-order chi connectivity index (χ1) is 15.2. The van der Waals surface area contributed by atoms with E-state index in [1.807, 2.05) is 54.6 Å². The summed E-state index contributed by atoms with van der Waals surface area (Å²) in [5.41, 5.74) is 6.51. The molecule has 32 heavy (non-hydrogen) atoms. The molecule has 8 heteroatoms. The molecule has 3 aromatic carbocycles. The molecule has 0 saturated heterocycles. The number of hydrogen-bond acceptors (Lipinski definition) is 3. The van der Waals surface area contributed by atoms with E-state index in [1.54, 1.807) is 12.2 Å². The first kappa shape index (κ1) is 22.7. The molecule has 0 radical (unpaired) electrons. The molecule has 0 aliphatic heterocycles. The third-order valence-electron chi connectivity index (χ3n) is 4.59. The van der Waals surface area contributed by atoms with E-state index < -0.39 is 12.1 Å². The standard InChI is InChI=1S/C24H20F3N3O2/c1-16(18-11-13-21(14-12-18)28-23(32)24(25,26)27)29-30-22(31)15-17-7-9-20(10-8-17)19-5-3-2-4-6-19/h2-14H,15H2,1H3,(H,28,32)(H,30,31). The molecule has 0 unspecified atom stereocenters. The lowest BCUT2D eigenvalue weighted by atomic mass is 10.0. The third kappa shape index (κ3) is 6.28. The van der Waals surface area contributed by atoms with E-state index in [0.717, 1.165) is 16.7 Å². The fraction of sp³-hybridized carbons (Fsp3) is 0.125. The van der Waals surface area contributed by atoms with Gasteiger partial charge in [0.2, 0.25) is 5.91 Å². The number of anilines is 1. The van der Waals surface area contributed by atoms with E-state index in [0.29, 0.717) is 11.3 Å². The van der Waals surface area contributed by atoms with Gasteiger partial charge in [0.1, 0.15) is 0 Å². The summed E-state index contributed by atoms with van der Waals surface area (Å²) in [6.45, 7) is 1.65. The van der Waals surface area contributed by atoms with E-state index >= 15 is 0 Å². The van der Waals surface area contributed by atoms with Crippen LogP contribution in [0.3, 0.4) is 0 Å². The van der Waals surface area contributed by atoms with Crippen LogP contribution in [0.2, 0.25) is 0 Å². The predicted molar refractivity (Wildman–Crippen MR) is 117 cm³/mol. The molecule has 0 saturated carbocycles. The van der Waals surface area contributed by atoms with Gasteiger partial charge in [-0.15, -0.1) is 0 Å². The van der Waals surface area contributed by atoms with Crippen LogP contribution in [0.1, 0.15) is 18.1 Å². The van der Waals surface area contributed by atoms with E-state index in [-0.39, 0.29) is 18.0 Å². The molecule has 0 bridgehead atoms. The van der Waals surface area contributed by atoms with Gasteiger partial charge in [-0.2, -0.15) is 18.3 Å². The summed E-state index contributed by atoms with van der Waals surface area (Å²) in [6.07, 6.45) is -4.81. The Bertz CT molecular complexity index is 1110. The van der Waals surface area contributed by atoms with Gasteiger partial charge in [0, 0.05) is 5.69 Å². The predicted octanol–water partition coefficient (Wildman–Crippen LogP) is 4.94. The number of halogens is 3. The monoisotopic (exact) mass is 439 g/mol. The van der Waals surface area contributed by atoms with Gasteiger partial charge in [-0.25, -0.2) is 5.43 Å². The number of benzene rings is 3. The zero-order chi connectivity index (χ0) is 23.1. The normalized spacial score (nSPS) is 11.7. The summed E-state index contributed by atoms with van der Waals surface area (Å²) in [4.78, 5) is 23.2. The van der Waals surface area contributed by atoms with Crippen molar-refractivity contribution in [1.29, 1.82) is 0 Å². The molecule has 0 aliphatic rings. The van der Waals surface area contributed by atoms with Crippen LogP contribution >= 0.6 is 0 Å². The minimum Gasteiger partial charge on any atom is -0.318 e. The lowest BCUT2D eigenvalue weighted by Gasteiger charge is -2.09. The maximum Gasteiger partial charge on any atom is 0.471 e. The van der Waals surface area contributed by atoms with Gasteiger partial charge in [0.05, 0.1) is 12.1 Å². The fourth-order valence-corrected chi connectivity index (χ4v) is 2.88. The van der Waals surface area contributed by atoms with Gasteiger partial charge in [0.25, 0.3) is 0 Å². The maximum atomic E-state index is 12.3. The van der Waals surface area contributed by atoms with Crippen LogP contribution < -0.4 is 10.7 Å². The van der Waals surface area contributed by atoms with Crippen molar-refractivity contribution in [1.82, 2.24) is 5.43 Å².